The molecule has 0 bridgehead atoms. The molecule has 0 unspecified atom stereocenters. The van der Waals surface area contributed by atoms with Gasteiger partial charge in [-0.2, -0.15) is 13.2 Å². The summed E-state index contributed by atoms with van der Waals surface area (Å²) >= 11 is 0. The van der Waals surface area contributed by atoms with Gasteiger partial charge in [-0.3, -0.25) is 9.78 Å². The zero-order valence-corrected chi connectivity index (χ0v) is 17.9. The van der Waals surface area contributed by atoms with E-state index in [-0.39, 0.29) is 23.9 Å². The summed E-state index contributed by atoms with van der Waals surface area (Å²) in [7, 11) is 1.60. The Hall–Kier alpha value is -2.40. The molecule has 11 heteroatoms. The molecule has 2 aliphatic heterocycles. The van der Waals surface area contributed by atoms with Crippen molar-refractivity contribution in [1.29, 1.82) is 0 Å². The number of fused-ring (bicyclic) bond motifs is 1. The molecule has 3 heterocycles. The molecule has 1 aromatic rings. The number of alkyl halides is 3. The molecular formula is C20H27F3N4O4. The Balaban J connectivity index is 1.73. The van der Waals surface area contributed by atoms with Crippen molar-refractivity contribution in [2.75, 3.05) is 38.6 Å². The van der Waals surface area contributed by atoms with Crippen LogP contribution in [0.5, 0.6) is 0 Å². The van der Waals surface area contributed by atoms with Crippen LogP contribution >= 0.6 is 0 Å². The van der Waals surface area contributed by atoms with E-state index in [9.17, 15) is 22.8 Å². The van der Waals surface area contributed by atoms with E-state index < -0.39 is 34.8 Å². The number of carbonyl (C=O) groups excluding carboxylic acids is 2. The van der Waals surface area contributed by atoms with Crippen LogP contribution in [0.2, 0.25) is 0 Å². The second-order valence-electron chi connectivity index (χ2n) is 8.95. The minimum Gasteiger partial charge on any atom is -0.443 e. The highest BCUT2D eigenvalue weighted by molar-refractivity contribution is 5.95. The number of methoxy groups -OCH3 is 1. The number of carbonyl (C=O) groups is 2. The van der Waals surface area contributed by atoms with Crippen molar-refractivity contribution in [3.8, 4) is 0 Å². The van der Waals surface area contributed by atoms with Crippen molar-refractivity contribution < 1.29 is 32.2 Å². The summed E-state index contributed by atoms with van der Waals surface area (Å²) in [6.07, 6.45) is -4.58. The van der Waals surface area contributed by atoms with Crippen LogP contribution in [-0.4, -0.2) is 60.8 Å². The lowest BCUT2D eigenvalue weighted by Gasteiger charge is -2.26. The number of hydrogen-bond donors (Lipinski definition) is 2. The Morgan fingerprint density at radius 2 is 2.06 bits per heavy atom. The van der Waals surface area contributed by atoms with Crippen LogP contribution in [0.15, 0.2) is 12.3 Å². The van der Waals surface area contributed by atoms with Gasteiger partial charge in [-0.15, -0.1) is 0 Å². The molecule has 2 saturated heterocycles. The summed E-state index contributed by atoms with van der Waals surface area (Å²) in [5, 5.41) is 5.71. The number of hydrogen-bond acceptors (Lipinski definition) is 6. The Morgan fingerprint density at radius 3 is 2.65 bits per heavy atom. The molecule has 0 radical (unpaired) electrons. The van der Waals surface area contributed by atoms with Crippen molar-refractivity contribution in [1.82, 2.24) is 15.2 Å². The predicted octanol–water partition coefficient (Wildman–Crippen LogP) is 2.64. The Morgan fingerprint density at radius 1 is 1.35 bits per heavy atom. The average Bonchev–Trinajstić information content (AvgIpc) is 3.22. The lowest BCUT2D eigenvalue weighted by atomic mass is 9.95. The Labute approximate surface area is 178 Å². The standard InChI is InChI=1S/C20H27F3N4O4/c1-18(2,3)16(28)26-14-5-12(20(21,22)23)7-25-15(14)9-31-17(29)27-8-13-6-24-10-19(13,11-27)30-4/h5,7,13,24H,6,8-11H2,1-4H3,(H,26,28)/t13-,19+/m1/s1. The SMILES string of the molecule is CO[C@]12CNC[C@@H]1CN(C(=O)OCc1ncc(C(F)(F)F)cc1NC(=O)C(C)(C)C)C2. The normalized spacial score (nSPS) is 23.6. The maximum Gasteiger partial charge on any atom is 0.417 e. The molecule has 31 heavy (non-hydrogen) atoms. The van der Waals surface area contributed by atoms with E-state index in [2.05, 4.69) is 15.6 Å². The molecule has 0 saturated carbocycles. The van der Waals surface area contributed by atoms with Gasteiger partial charge in [-0.1, -0.05) is 20.8 Å². The lowest BCUT2D eigenvalue weighted by molar-refractivity contribution is -0.137. The van der Waals surface area contributed by atoms with Crippen molar-refractivity contribution in [2.45, 2.75) is 39.2 Å². The third-order valence-electron chi connectivity index (χ3n) is 5.68. The monoisotopic (exact) mass is 444 g/mol. The van der Waals surface area contributed by atoms with E-state index in [0.29, 0.717) is 25.8 Å². The van der Waals surface area contributed by atoms with Crippen LogP contribution in [0.1, 0.15) is 32.0 Å². The largest absolute Gasteiger partial charge is 0.443 e. The average molecular weight is 444 g/mol. The summed E-state index contributed by atoms with van der Waals surface area (Å²) in [5.74, 6) is -0.348. The number of anilines is 1. The van der Waals surface area contributed by atoms with E-state index in [1.807, 2.05) is 0 Å². The fourth-order valence-corrected chi connectivity index (χ4v) is 3.70. The van der Waals surface area contributed by atoms with Gasteiger partial charge in [0.05, 0.1) is 17.8 Å². The number of amides is 2. The van der Waals surface area contributed by atoms with Crippen LogP contribution in [-0.2, 0) is 27.1 Å². The van der Waals surface area contributed by atoms with Crippen molar-refractivity contribution in [2.24, 2.45) is 11.3 Å². The van der Waals surface area contributed by atoms with Crippen molar-refractivity contribution in [3.63, 3.8) is 0 Å². The first-order chi connectivity index (χ1) is 14.4. The third-order valence-corrected chi connectivity index (χ3v) is 5.68. The minimum absolute atomic E-state index is 0.0291. The number of pyridine rings is 1. The van der Waals surface area contributed by atoms with E-state index in [1.54, 1.807) is 27.9 Å². The first-order valence-corrected chi connectivity index (χ1v) is 9.91. The van der Waals surface area contributed by atoms with Crippen LogP contribution in [0.25, 0.3) is 0 Å². The van der Waals surface area contributed by atoms with Gasteiger partial charge in [0.15, 0.2) is 0 Å². The third kappa shape index (κ3) is 4.93. The maximum absolute atomic E-state index is 13.1. The molecule has 0 aliphatic carbocycles. The zero-order valence-electron chi connectivity index (χ0n) is 17.9. The first kappa shape index (κ1) is 23.3. The van der Waals surface area contributed by atoms with Gasteiger partial charge in [-0.25, -0.2) is 4.79 Å². The van der Waals surface area contributed by atoms with Gasteiger partial charge in [0, 0.05) is 44.3 Å². The number of rotatable bonds is 4. The molecule has 2 fully saturated rings. The topological polar surface area (TPSA) is 92.8 Å². The Kier molecular flexibility index (Phi) is 6.21. The zero-order chi connectivity index (χ0) is 23.0. The molecule has 0 spiro atoms. The van der Waals surface area contributed by atoms with Gasteiger partial charge in [-0.05, 0) is 6.07 Å². The number of halogens is 3. The molecule has 1 aromatic heterocycles. The van der Waals surface area contributed by atoms with Gasteiger partial charge < -0.3 is 25.0 Å². The molecule has 2 amide bonds. The number of aromatic nitrogens is 1. The van der Waals surface area contributed by atoms with E-state index >= 15 is 0 Å². The molecule has 8 nitrogen and oxygen atoms in total. The van der Waals surface area contributed by atoms with Gasteiger partial charge in [0.25, 0.3) is 0 Å². The van der Waals surface area contributed by atoms with Crippen molar-refractivity contribution in [3.05, 3.63) is 23.5 Å². The lowest BCUT2D eigenvalue weighted by Crippen LogP contribution is -2.42. The highest BCUT2D eigenvalue weighted by atomic mass is 19.4. The first-order valence-electron chi connectivity index (χ1n) is 9.91. The fraction of sp³-hybridized carbons (Fsp3) is 0.650. The van der Waals surface area contributed by atoms with E-state index in [4.69, 9.17) is 9.47 Å². The van der Waals surface area contributed by atoms with Gasteiger partial charge in [0.2, 0.25) is 5.91 Å². The van der Waals surface area contributed by atoms with Gasteiger partial charge >= 0.3 is 12.3 Å². The summed E-state index contributed by atoms with van der Waals surface area (Å²) in [5.41, 5.74) is -2.41. The van der Waals surface area contributed by atoms with Crippen LogP contribution in [0.3, 0.4) is 0 Å². The molecular weight excluding hydrogens is 417 g/mol. The summed E-state index contributed by atoms with van der Waals surface area (Å²) < 4.78 is 50.3. The predicted molar refractivity (Wildman–Crippen MR) is 105 cm³/mol. The van der Waals surface area contributed by atoms with Crippen LogP contribution in [0, 0.1) is 11.3 Å². The smallest absolute Gasteiger partial charge is 0.417 e. The number of likely N-dealkylation sites (tertiary alicyclic amines) is 1. The molecule has 2 aliphatic rings. The fourth-order valence-electron chi connectivity index (χ4n) is 3.70. The second-order valence-corrected chi connectivity index (χ2v) is 8.95. The molecule has 172 valence electrons. The van der Waals surface area contributed by atoms with Crippen LogP contribution < -0.4 is 10.6 Å². The highest BCUT2D eigenvalue weighted by Crippen LogP contribution is 2.35. The highest BCUT2D eigenvalue weighted by Gasteiger charge is 2.51. The molecule has 2 atom stereocenters. The van der Waals surface area contributed by atoms with Crippen molar-refractivity contribution >= 4 is 17.7 Å². The molecule has 2 N–H and O–H groups in total. The maximum atomic E-state index is 13.1. The quantitative estimate of drug-likeness (QED) is 0.742. The number of nitrogens with one attached hydrogen (secondary N) is 2. The summed E-state index contributed by atoms with van der Waals surface area (Å²) in [6, 6.07) is 0.797. The summed E-state index contributed by atoms with van der Waals surface area (Å²) in [6.45, 7) is 6.68. The minimum atomic E-state index is -4.63. The van der Waals surface area contributed by atoms with E-state index in [0.717, 1.165) is 12.6 Å². The Bertz CT molecular complexity index is 856. The molecule has 0 aromatic carbocycles. The molecule has 3 rings (SSSR count). The van der Waals surface area contributed by atoms with Crippen LogP contribution in [0.4, 0.5) is 23.7 Å². The summed E-state index contributed by atoms with van der Waals surface area (Å²) in [4.78, 5) is 30.2. The van der Waals surface area contributed by atoms with Gasteiger partial charge in [0.1, 0.15) is 17.9 Å². The number of ether oxygens (including phenoxy) is 2. The second kappa shape index (κ2) is 8.27. The number of nitrogens with zero attached hydrogens (tertiary/aromatic N) is 2. The van der Waals surface area contributed by atoms with E-state index in [1.165, 1.54) is 4.90 Å².